The molecule has 0 unspecified atom stereocenters. The average molecular weight is 231 g/mol. The van der Waals surface area contributed by atoms with Crippen molar-refractivity contribution in [3.05, 3.63) is 35.3 Å². The lowest BCUT2D eigenvalue weighted by Crippen LogP contribution is -2.15. The number of H-pyrrole nitrogens is 1. The standard InChI is InChI=1S/C11H13N5O/c1-6-10(7(2)16-15-6)14-11(17)8-4-3-5-9(12)13-8/h3-5H,1-2H3,(H2,12,13)(H,14,17)(H,15,16). The fraction of sp³-hybridized carbons (Fsp3) is 0.182. The van der Waals surface area contributed by atoms with Gasteiger partial charge in [-0.15, -0.1) is 0 Å². The molecule has 0 aliphatic heterocycles. The van der Waals surface area contributed by atoms with E-state index in [1.54, 1.807) is 18.2 Å². The lowest BCUT2D eigenvalue weighted by Gasteiger charge is -2.04. The van der Waals surface area contributed by atoms with Gasteiger partial charge in [0.1, 0.15) is 11.5 Å². The third kappa shape index (κ3) is 2.25. The Morgan fingerprint density at radius 1 is 1.41 bits per heavy atom. The summed E-state index contributed by atoms with van der Waals surface area (Å²) in [7, 11) is 0. The number of nitrogens with two attached hydrogens (primary N) is 1. The minimum absolute atomic E-state index is 0.282. The van der Waals surface area contributed by atoms with Crippen molar-refractivity contribution in [1.29, 1.82) is 0 Å². The molecule has 0 aliphatic carbocycles. The van der Waals surface area contributed by atoms with E-state index in [1.165, 1.54) is 0 Å². The molecular weight excluding hydrogens is 218 g/mol. The highest BCUT2D eigenvalue weighted by Crippen LogP contribution is 2.16. The first-order valence-corrected chi connectivity index (χ1v) is 5.13. The number of aromatic amines is 1. The number of aryl methyl sites for hydroxylation is 2. The van der Waals surface area contributed by atoms with E-state index in [9.17, 15) is 4.79 Å². The summed E-state index contributed by atoms with van der Waals surface area (Å²) < 4.78 is 0. The Morgan fingerprint density at radius 2 is 2.18 bits per heavy atom. The third-order valence-corrected chi connectivity index (χ3v) is 2.37. The van der Waals surface area contributed by atoms with Crippen LogP contribution in [0.2, 0.25) is 0 Å². The molecule has 4 N–H and O–H groups in total. The minimum atomic E-state index is -0.301. The highest BCUT2D eigenvalue weighted by atomic mass is 16.1. The van der Waals surface area contributed by atoms with Crippen LogP contribution < -0.4 is 11.1 Å². The molecule has 6 heteroatoms. The summed E-state index contributed by atoms with van der Waals surface area (Å²) in [5.74, 6) is 0.0168. The summed E-state index contributed by atoms with van der Waals surface area (Å²) in [6.07, 6.45) is 0. The van der Waals surface area contributed by atoms with Crippen molar-refractivity contribution in [2.45, 2.75) is 13.8 Å². The van der Waals surface area contributed by atoms with E-state index < -0.39 is 0 Å². The Bertz CT molecular complexity index is 541. The summed E-state index contributed by atoms with van der Waals surface area (Å²) in [6, 6.07) is 4.92. The molecule has 1 amide bonds. The molecule has 2 heterocycles. The van der Waals surface area contributed by atoms with Crippen molar-refractivity contribution in [1.82, 2.24) is 15.2 Å². The number of aromatic nitrogens is 3. The molecule has 6 nitrogen and oxygen atoms in total. The van der Waals surface area contributed by atoms with Crippen molar-refractivity contribution < 1.29 is 4.79 Å². The molecule has 0 saturated heterocycles. The largest absolute Gasteiger partial charge is 0.384 e. The maximum Gasteiger partial charge on any atom is 0.274 e. The number of pyridine rings is 1. The summed E-state index contributed by atoms with van der Waals surface area (Å²) in [6.45, 7) is 3.65. The van der Waals surface area contributed by atoms with E-state index in [0.29, 0.717) is 11.5 Å². The summed E-state index contributed by atoms with van der Waals surface area (Å²) in [4.78, 5) is 15.8. The fourth-order valence-corrected chi connectivity index (χ4v) is 1.49. The van der Waals surface area contributed by atoms with Gasteiger partial charge in [0.15, 0.2) is 0 Å². The van der Waals surface area contributed by atoms with Crippen molar-refractivity contribution in [2.75, 3.05) is 11.1 Å². The molecule has 2 aromatic heterocycles. The average Bonchev–Trinajstić information content (AvgIpc) is 2.61. The number of nitrogen functional groups attached to an aromatic ring is 1. The molecule has 0 aliphatic rings. The lowest BCUT2D eigenvalue weighted by molar-refractivity contribution is 0.102. The Morgan fingerprint density at radius 3 is 2.76 bits per heavy atom. The van der Waals surface area contributed by atoms with Crippen LogP contribution in [0, 0.1) is 13.8 Å². The second-order valence-corrected chi connectivity index (χ2v) is 3.71. The van der Waals surface area contributed by atoms with Gasteiger partial charge in [-0.25, -0.2) is 4.98 Å². The number of hydrogen-bond donors (Lipinski definition) is 3. The van der Waals surface area contributed by atoms with Crippen LogP contribution in [-0.4, -0.2) is 21.1 Å². The Balaban J connectivity index is 2.23. The van der Waals surface area contributed by atoms with Crippen molar-refractivity contribution in [3.63, 3.8) is 0 Å². The van der Waals surface area contributed by atoms with E-state index in [0.717, 1.165) is 11.4 Å². The van der Waals surface area contributed by atoms with Crippen molar-refractivity contribution in [3.8, 4) is 0 Å². The van der Waals surface area contributed by atoms with E-state index in [4.69, 9.17) is 5.73 Å². The predicted octanol–water partition coefficient (Wildman–Crippen LogP) is 1.26. The van der Waals surface area contributed by atoms with E-state index in [2.05, 4.69) is 20.5 Å². The number of amides is 1. The summed E-state index contributed by atoms with van der Waals surface area (Å²) in [5.41, 5.74) is 8.02. The highest BCUT2D eigenvalue weighted by molar-refractivity contribution is 6.03. The van der Waals surface area contributed by atoms with Crippen LogP contribution in [0.25, 0.3) is 0 Å². The molecule has 0 radical (unpaired) electrons. The maximum absolute atomic E-state index is 11.9. The van der Waals surface area contributed by atoms with Gasteiger partial charge >= 0.3 is 0 Å². The highest BCUT2D eigenvalue weighted by Gasteiger charge is 2.12. The number of anilines is 2. The number of nitrogens with zero attached hydrogens (tertiary/aromatic N) is 2. The monoisotopic (exact) mass is 231 g/mol. The zero-order valence-corrected chi connectivity index (χ0v) is 9.61. The number of nitrogens with one attached hydrogen (secondary N) is 2. The molecule has 17 heavy (non-hydrogen) atoms. The predicted molar refractivity (Wildman–Crippen MR) is 64.7 cm³/mol. The molecule has 2 rings (SSSR count). The Hall–Kier alpha value is -2.37. The zero-order valence-electron chi connectivity index (χ0n) is 9.61. The first-order chi connectivity index (χ1) is 8.08. The van der Waals surface area contributed by atoms with Crippen molar-refractivity contribution >= 4 is 17.4 Å². The Kier molecular flexibility index (Phi) is 2.78. The second-order valence-electron chi connectivity index (χ2n) is 3.71. The quantitative estimate of drug-likeness (QED) is 0.724. The molecule has 0 spiro atoms. The third-order valence-electron chi connectivity index (χ3n) is 2.37. The van der Waals surface area contributed by atoms with Crippen molar-refractivity contribution in [2.24, 2.45) is 0 Å². The molecule has 2 aromatic rings. The van der Waals surface area contributed by atoms with Gasteiger partial charge in [0.25, 0.3) is 5.91 Å². The maximum atomic E-state index is 11.9. The van der Waals surface area contributed by atoms with Crippen LogP contribution in [0.5, 0.6) is 0 Å². The normalized spacial score (nSPS) is 10.2. The van der Waals surface area contributed by atoms with Gasteiger partial charge in [-0.05, 0) is 26.0 Å². The van der Waals surface area contributed by atoms with Gasteiger partial charge in [0.2, 0.25) is 0 Å². The number of hydrogen-bond acceptors (Lipinski definition) is 4. The Labute approximate surface area is 98.3 Å². The first-order valence-electron chi connectivity index (χ1n) is 5.13. The van der Waals surface area contributed by atoms with Gasteiger partial charge in [-0.1, -0.05) is 6.07 Å². The smallest absolute Gasteiger partial charge is 0.274 e. The van der Waals surface area contributed by atoms with Gasteiger partial charge < -0.3 is 11.1 Å². The van der Waals surface area contributed by atoms with Crippen LogP contribution in [0.3, 0.4) is 0 Å². The summed E-state index contributed by atoms with van der Waals surface area (Å²) in [5, 5.41) is 9.54. The molecule has 0 fully saturated rings. The van der Waals surface area contributed by atoms with Crippen LogP contribution in [0.15, 0.2) is 18.2 Å². The van der Waals surface area contributed by atoms with Gasteiger partial charge in [-0.3, -0.25) is 9.89 Å². The van der Waals surface area contributed by atoms with E-state index in [1.807, 2.05) is 13.8 Å². The SMILES string of the molecule is Cc1n[nH]c(C)c1NC(=O)c1cccc(N)n1. The van der Waals surface area contributed by atoms with Crippen LogP contribution in [-0.2, 0) is 0 Å². The van der Waals surface area contributed by atoms with Crippen LogP contribution >= 0.6 is 0 Å². The molecule has 0 bridgehead atoms. The number of carbonyl (C=O) groups excluding carboxylic acids is 1. The lowest BCUT2D eigenvalue weighted by atomic mass is 10.3. The zero-order chi connectivity index (χ0) is 12.4. The van der Waals surface area contributed by atoms with Gasteiger partial charge in [-0.2, -0.15) is 5.10 Å². The van der Waals surface area contributed by atoms with E-state index >= 15 is 0 Å². The molecule has 0 saturated carbocycles. The van der Waals surface area contributed by atoms with Gasteiger partial charge in [0.05, 0.1) is 17.1 Å². The van der Waals surface area contributed by atoms with Crippen LogP contribution in [0.1, 0.15) is 21.9 Å². The second kappa shape index (κ2) is 4.25. The molecule has 88 valence electrons. The van der Waals surface area contributed by atoms with E-state index in [-0.39, 0.29) is 11.6 Å². The number of carbonyl (C=O) groups is 1. The fourth-order valence-electron chi connectivity index (χ4n) is 1.49. The molecule has 0 aromatic carbocycles. The minimum Gasteiger partial charge on any atom is -0.384 e. The summed E-state index contributed by atoms with van der Waals surface area (Å²) >= 11 is 0. The first kappa shape index (κ1) is 11.1. The topological polar surface area (TPSA) is 96.7 Å². The molecule has 0 atom stereocenters. The van der Waals surface area contributed by atoms with Gasteiger partial charge in [0, 0.05) is 0 Å². The van der Waals surface area contributed by atoms with Crippen LogP contribution in [0.4, 0.5) is 11.5 Å². The molecular formula is C11H13N5O. The number of rotatable bonds is 2.